The van der Waals surface area contributed by atoms with E-state index in [0.29, 0.717) is 4.88 Å². The number of aromatic nitrogens is 2. The maximum absolute atomic E-state index is 12.9. The Morgan fingerprint density at radius 2 is 2.00 bits per heavy atom. The number of hydrogen-bond acceptors (Lipinski definition) is 3. The van der Waals surface area contributed by atoms with Crippen LogP contribution in [-0.2, 0) is 7.05 Å². The van der Waals surface area contributed by atoms with E-state index in [-0.39, 0.29) is 11.6 Å². The Hall–Kier alpha value is -2.53. The van der Waals surface area contributed by atoms with E-state index in [4.69, 9.17) is 0 Å². The van der Waals surface area contributed by atoms with Crippen LogP contribution in [0.2, 0.25) is 0 Å². The van der Waals surface area contributed by atoms with Gasteiger partial charge in [0.05, 0.1) is 11.1 Å². The van der Waals surface area contributed by atoms with Crippen molar-refractivity contribution in [2.24, 2.45) is 7.05 Å². The Balaban J connectivity index is 1.77. The molecule has 22 heavy (non-hydrogen) atoms. The summed E-state index contributed by atoms with van der Waals surface area (Å²) in [5.74, 6) is -0.321. The van der Waals surface area contributed by atoms with Gasteiger partial charge in [0.1, 0.15) is 5.82 Å². The molecule has 0 saturated heterocycles. The number of ketones is 1. The summed E-state index contributed by atoms with van der Waals surface area (Å²) in [7, 11) is 1.83. The average Bonchev–Trinajstić information content (AvgIpc) is 3.15. The molecule has 110 valence electrons. The van der Waals surface area contributed by atoms with Crippen molar-refractivity contribution in [2.75, 3.05) is 0 Å². The topological polar surface area (TPSA) is 34.9 Å². The second kappa shape index (κ2) is 6.07. The molecule has 0 bridgehead atoms. The monoisotopic (exact) mass is 312 g/mol. The fourth-order valence-corrected chi connectivity index (χ4v) is 2.95. The van der Waals surface area contributed by atoms with E-state index in [0.717, 1.165) is 16.0 Å². The van der Waals surface area contributed by atoms with E-state index < -0.39 is 0 Å². The smallest absolute Gasteiger partial charge is 0.195 e. The molecule has 0 amide bonds. The van der Waals surface area contributed by atoms with Crippen LogP contribution in [0.4, 0.5) is 4.39 Å². The molecule has 2 heterocycles. The SMILES string of the molecule is Cn1cc(C=CC(=O)c2ccc(-c3ccc(F)cc3)s2)cn1. The van der Waals surface area contributed by atoms with Gasteiger partial charge in [0.2, 0.25) is 0 Å². The fourth-order valence-electron chi connectivity index (χ4n) is 2.02. The minimum atomic E-state index is -0.268. The number of carbonyl (C=O) groups is 1. The summed E-state index contributed by atoms with van der Waals surface area (Å²) < 4.78 is 14.6. The molecule has 0 spiro atoms. The second-order valence-corrected chi connectivity index (χ2v) is 5.90. The molecule has 5 heteroatoms. The minimum absolute atomic E-state index is 0.0535. The molecule has 2 aromatic heterocycles. The molecule has 0 atom stereocenters. The lowest BCUT2D eigenvalue weighted by Crippen LogP contribution is -1.88. The molecular formula is C17H13FN2OS. The highest BCUT2D eigenvalue weighted by Crippen LogP contribution is 2.28. The van der Waals surface area contributed by atoms with Crippen molar-refractivity contribution in [3.8, 4) is 10.4 Å². The number of benzene rings is 1. The molecule has 0 N–H and O–H groups in total. The molecule has 0 saturated carbocycles. The summed E-state index contributed by atoms with van der Waals surface area (Å²) in [6.45, 7) is 0. The number of aryl methyl sites for hydroxylation is 1. The lowest BCUT2D eigenvalue weighted by atomic mass is 10.2. The van der Waals surface area contributed by atoms with Gasteiger partial charge in [-0.1, -0.05) is 12.1 Å². The third kappa shape index (κ3) is 3.20. The van der Waals surface area contributed by atoms with Gasteiger partial charge >= 0.3 is 0 Å². The Kier molecular flexibility index (Phi) is 3.98. The van der Waals surface area contributed by atoms with Crippen LogP contribution in [0.3, 0.4) is 0 Å². The van der Waals surface area contributed by atoms with Crippen molar-refractivity contribution < 1.29 is 9.18 Å². The third-order valence-corrected chi connectivity index (χ3v) is 4.28. The standard InChI is InChI=1S/C17H13FN2OS/c1-20-11-12(10-19-20)2-7-15(21)17-9-8-16(22-17)13-3-5-14(18)6-4-13/h2-11H,1H3. The quantitative estimate of drug-likeness (QED) is 0.535. The first-order chi connectivity index (χ1) is 10.6. The molecule has 1 aromatic carbocycles. The van der Waals surface area contributed by atoms with Crippen LogP contribution < -0.4 is 0 Å². The molecule has 3 aromatic rings. The molecular weight excluding hydrogens is 299 g/mol. The summed E-state index contributed by atoms with van der Waals surface area (Å²) >= 11 is 1.40. The van der Waals surface area contributed by atoms with Gasteiger partial charge in [-0.2, -0.15) is 5.10 Å². The van der Waals surface area contributed by atoms with Crippen molar-refractivity contribution in [2.45, 2.75) is 0 Å². The van der Waals surface area contributed by atoms with Crippen LogP contribution in [0.15, 0.2) is 54.9 Å². The normalized spacial score (nSPS) is 11.2. The van der Waals surface area contributed by atoms with Crippen LogP contribution in [0, 0.1) is 5.82 Å². The maximum atomic E-state index is 12.9. The number of halogens is 1. The zero-order valence-electron chi connectivity index (χ0n) is 11.9. The molecule has 0 aliphatic rings. The number of thiophene rings is 1. The second-order valence-electron chi connectivity index (χ2n) is 4.82. The predicted octanol–water partition coefficient (Wildman–Crippen LogP) is 4.18. The number of nitrogens with zero attached hydrogens (tertiary/aromatic N) is 2. The van der Waals surface area contributed by atoms with Gasteiger partial charge in [-0.15, -0.1) is 11.3 Å². The summed E-state index contributed by atoms with van der Waals surface area (Å²) in [5.41, 5.74) is 1.79. The molecule has 0 aliphatic carbocycles. The lowest BCUT2D eigenvalue weighted by Gasteiger charge is -1.96. The van der Waals surface area contributed by atoms with E-state index in [1.807, 2.05) is 19.3 Å². The average molecular weight is 312 g/mol. The zero-order valence-corrected chi connectivity index (χ0v) is 12.7. The highest BCUT2D eigenvalue weighted by Gasteiger charge is 2.08. The minimum Gasteiger partial charge on any atom is -0.288 e. The van der Waals surface area contributed by atoms with E-state index in [9.17, 15) is 9.18 Å². The molecule has 0 aliphatic heterocycles. The van der Waals surface area contributed by atoms with E-state index in [2.05, 4.69) is 5.10 Å². The maximum Gasteiger partial charge on any atom is 0.195 e. The number of carbonyl (C=O) groups excluding carboxylic acids is 1. The van der Waals surface area contributed by atoms with Crippen molar-refractivity contribution in [3.05, 3.63) is 71.1 Å². The van der Waals surface area contributed by atoms with Gasteiger partial charge in [-0.25, -0.2) is 4.39 Å². The van der Waals surface area contributed by atoms with Crippen LogP contribution in [-0.4, -0.2) is 15.6 Å². The van der Waals surface area contributed by atoms with Gasteiger partial charge in [0, 0.05) is 23.7 Å². The van der Waals surface area contributed by atoms with E-state index >= 15 is 0 Å². The van der Waals surface area contributed by atoms with Crippen LogP contribution in [0.25, 0.3) is 16.5 Å². The first-order valence-electron chi connectivity index (χ1n) is 6.69. The first-order valence-corrected chi connectivity index (χ1v) is 7.50. The molecule has 0 unspecified atom stereocenters. The molecule has 3 nitrogen and oxygen atoms in total. The van der Waals surface area contributed by atoms with Crippen LogP contribution in [0.5, 0.6) is 0 Å². The van der Waals surface area contributed by atoms with Crippen molar-refractivity contribution in [3.63, 3.8) is 0 Å². The van der Waals surface area contributed by atoms with Gasteiger partial charge < -0.3 is 0 Å². The van der Waals surface area contributed by atoms with Crippen LogP contribution >= 0.6 is 11.3 Å². The fraction of sp³-hybridized carbons (Fsp3) is 0.0588. The van der Waals surface area contributed by atoms with Gasteiger partial charge in [-0.3, -0.25) is 9.48 Å². The molecule has 0 fully saturated rings. The van der Waals surface area contributed by atoms with Crippen molar-refractivity contribution in [1.29, 1.82) is 0 Å². The Morgan fingerprint density at radius 1 is 1.23 bits per heavy atom. The highest BCUT2D eigenvalue weighted by molar-refractivity contribution is 7.17. The van der Waals surface area contributed by atoms with Gasteiger partial charge in [-0.05, 0) is 42.0 Å². The van der Waals surface area contributed by atoms with Gasteiger partial charge in [0.25, 0.3) is 0 Å². The number of allylic oxidation sites excluding steroid dienone is 1. The van der Waals surface area contributed by atoms with Gasteiger partial charge in [0.15, 0.2) is 5.78 Å². The Labute approximate surface area is 131 Å². The first kappa shape index (κ1) is 14.4. The summed E-state index contributed by atoms with van der Waals surface area (Å²) in [6, 6.07) is 9.92. The van der Waals surface area contributed by atoms with Crippen molar-refractivity contribution >= 4 is 23.2 Å². The third-order valence-electron chi connectivity index (χ3n) is 3.13. The molecule has 0 radical (unpaired) electrons. The van der Waals surface area contributed by atoms with Crippen molar-refractivity contribution in [1.82, 2.24) is 9.78 Å². The Bertz CT molecular complexity index is 830. The zero-order chi connectivity index (χ0) is 15.5. The Morgan fingerprint density at radius 3 is 2.68 bits per heavy atom. The summed E-state index contributed by atoms with van der Waals surface area (Å²) in [5, 5.41) is 4.04. The lowest BCUT2D eigenvalue weighted by molar-refractivity contribution is 0.105. The number of hydrogen-bond donors (Lipinski definition) is 0. The summed E-state index contributed by atoms with van der Waals surface area (Å²) in [6.07, 6.45) is 6.81. The largest absolute Gasteiger partial charge is 0.288 e. The van der Waals surface area contributed by atoms with E-state index in [1.165, 1.54) is 29.5 Å². The summed E-state index contributed by atoms with van der Waals surface area (Å²) in [4.78, 5) is 13.8. The van der Waals surface area contributed by atoms with E-state index in [1.54, 1.807) is 35.2 Å². The molecule has 3 rings (SSSR count). The highest BCUT2D eigenvalue weighted by atomic mass is 32.1. The predicted molar refractivity (Wildman–Crippen MR) is 86.3 cm³/mol. The van der Waals surface area contributed by atoms with Crippen LogP contribution in [0.1, 0.15) is 15.2 Å². The number of rotatable bonds is 4.